The van der Waals surface area contributed by atoms with Crippen molar-refractivity contribution in [1.82, 2.24) is 56.9 Å². The Kier molecular flexibility index (Phi) is 39.2. The van der Waals surface area contributed by atoms with Crippen molar-refractivity contribution < 1.29 is 114 Å². The first kappa shape index (κ1) is 110. The molecule has 12 rings (SSSR count). The van der Waals surface area contributed by atoms with Gasteiger partial charge in [-0.1, -0.05) is 64.7 Å². The molecular weight excluding hydrogens is 1800 g/mol. The summed E-state index contributed by atoms with van der Waals surface area (Å²) in [5, 5.41) is 146. The number of ether oxygens (including phenoxy) is 6. The number of carbonyl (C=O) groups is 5. The van der Waals surface area contributed by atoms with Crippen LogP contribution in [0.2, 0.25) is 0 Å². The number of amides is 8. The standard InChI is InChI=1S/2C15H25N2O4P.C15H27N2O4P.C15H24NO3PS.C14H23N2O4P.C13H22N3O4P/c1-9-10(8-17(2)15(20)16-9)14-13(19)12(18)11(21-14)6-7-22(3,4)5;1-9-10(8-16-15(20)17(9)2)14-13(19)12(18)11(21-14)6-7-22(3,4)5;1-9-8-17(10(2)16-14(9)20)15-13(19)12(18)11(21-15)6-7-22(3,4)5;1-9-10(5-6-12(21)16-9)15-14(18)13(17)11(19-15)7-8-20(2,3)4;1-8-9(7-15-14(19)16-8)13-12(18)11(17)10(20-13)5-6-21(2,3)4;1-8-15-10(17)7-14-16(8)13-12(19)11(18)9(20-13)5-6-21(2,3)4/h2*8,11-14,18-19H,1,3,6-7H2,2,4-5H3,(H,16,20);9,11-13,15,18-19H,2-3,6-8H2,1,4-5H3,(H,16,20);5-6,10-11,13-15,17-18H,1-2,7-8H2,3-4H3,(H,16,21);7,10-13,17-18H,1-2,5-6H2,3-4H3,(H2,15,16,19);7,9,11-13,18-19H,1-2,5-6H2,3-4H3,(H,15,17)/t2*11-,12-,13-,14+;9?,11-,12-,13-,15-;10?,11-,13-,14-,15+;10-,11-,12-,13+;9-,11-,12-,13-/m111111/s1. The summed E-state index contributed by atoms with van der Waals surface area (Å²) in [6.45, 7) is 43.3. The molecule has 7 saturated heterocycles. The van der Waals surface area contributed by atoms with E-state index in [1.807, 2.05) is 6.08 Å². The number of aliphatic hydroxyl groups is 12. The molecule has 35 nitrogen and oxygen atoms in total. The van der Waals surface area contributed by atoms with E-state index in [4.69, 9.17) is 40.6 Å². The summed E-state index contributed by atoms with van der Waals surface area (Å²) >= 11 is 5.05. The van der Waals surface area contributed by atoms with Gasteiger partial charge >= 0.3 is 18.1 Å². The molecular formula is C87H146N12O23P6S. The highest BCUT2D eigenvalue weighted by Crippen LogP contribution is 2.46. The van der Waals surface area contributed by atoms with Crippen molar-refractivity contribution in [3.8, 4) is 0 Å². The second-order valence-electron chi connectivity index (χ2n) is 38.9. The summed E-state index contributed by atoms with van der Waals surface area (Å²) in [6.07, 6.45) is 24.9. The Bertz CT molecular complexity index is 4530. The number of nitrogens with zero attached hydrogens (tertiary/aromatic N) is 5. The van der Waals surface area contributed by atoms with E-state index in [0.717, 1.165) is 43.2 Å². The maximum atomic E-state index is 11.6. The van der Waals surface area contributed by atoms with Crippen LogP contribution < -0.4 is 37.2 Å². The van der Waals surface area contributed by atoms with Crippen LogP contribution in [0.15, 0.2) is 126 Å². The molecule has 19 N–H and O–H groups in total. The Morgan fingerprint density at radius 3 is 1.25 bits per heavy atom. The molecule has 129 heavy (non-hydrogen) atoms. The third-order valence-corrected chi connectivity index (χ3v) is 32.3. The average Bonchev–Trinajstić information content (AvgIpc) is 1.67. The SMILES string of the molecule is C=C1C([C@@H]2O[C@H](CCP(=C)(C)C)[C@@H](O)[C@H]2O)=CNC(=O)N1C.C=C1NC(=O)C(C)CN1[C@@H]1O[C@H](CCP(=C)(C)C)[C@@H](O)[C@H]1O.C=C1NC(=O)C=NN1[C@@H]1O[C@H](CCP(=C)(C)C)[C@@H](O)[C@H]1O.C=C1NC(=O)N(C)C=C1[C@@H]1O[C@H](CCP(=C)(C)C)[C@@H](O)[C@H]1O.C=C1NC(=O)NC=C1[C@@H]1O[C@H](CCP(=C)(C)C)[C@@H](O)[C@H]1O.C=C1NC(=S)C=CC1[C@@H]1O[C@H](CCP(=C)(C)C)[C@@H](O)[C@H]1O. The third kappa shape index (κ3) is 31.2. The minimum Gasteiger partial charge on any atom is -0.388 e. The fourth-order valence-corrected chi connectivity index (χ4v) is 21.3. The molecule has 12 heterocycles. The van der Waals surface area contributed by atoms with Gasteiger partial charge in [0.1, 0.15) is 114 Å². The van der Waals surface area contributed by atoms with Gasteiger partial charge in [0.2, 0.25) is 5.91 Å². The minimum absolute atomic E-state index is 0.0885. The first-order valence-corrected chi connectivity index (χ1v) is 61.4. The van der Waals surface area contributed by atoms with Crippen LogP contribution in [-0.4, -0.2) is 444 Å². The Morgan fingerprint density at radius 1 is 0.442 bits per heavy atom. The molecule has 26 atom stereocenters. The maximum absolute atomic E-state index is 11.6. The van der Waals surface area contributed by atoms with E-state index >= 15 is 0 Å². The van der Waals surface area contributed by atoms with E-state index in [1.165, 1.54) is 27.2 Å². The molecule has 0 bridgehead atoms. The Morgan fingerprint density at radius 2 is 0.822 bits per heavy atom. The van der Waals surface area contributed by atoms with E-state index in [1.54, 1.807) is 38.2 Å². The molecule has 0 aromatic rings. The zero-order chi connectivity index (χ0) is 97.3. The smallest absolute Gasteiger partial charge is 0.325 e. The largest absolute Gasteiger partial charge is 0.388 e. The first-order valence-electron chi connectivity index (χ1n) is 42.6. The van der Waals surface area contributed by atoms with Crippen molar-refractivity contribution in [2.24, 2.45) is 16.9 Å². The number of hydrogen-bond acceptors (Lipinski definition) is 27. The van der Waals surface area contributed by atoms with E-state index in [-0.39, 0.29) is 53.7 Å². The average molecular weight is 1950 g/mol. The number of hydrazone groups is 1. The highest BCUT2D eigenvalue weighted by Gasteiger charge is 2.53. The summed E-state index contributed by atoms with van der Waals surface area (Å²) in [6, 6.07) is -0.958. The van der Waals surface area contributed by atoms with Crippen LogP contribution in [0.1, 0.15) is 45.4 Å². The quantitative estimate of drug-likeness (QED) is 0.0486. The minimum atomic E-state index is -1.23. The summed E-state index contributed by atoms with van der Waals surface area (Å²) in [7, 11) is 3.20. The van der Waals surface area contributed by atoms with Gasteiger partial charge in [-0.2, -0.15) is 5.10 Å². The number of nitrogens with one attached hydrogen (secondary N) is 7. The molecule has 8 amide bonds. The number of hydrogen-bond donors (Lipinski definition) is 19. The van der Waals surface area contributed by atoms with Crippen LogP contribution in [0.4, 0.5) is 14.4 Å². The van der Waals surface area contributed by atoms with Gasteiger partial charge in [-0.3, -0.25) is 14.5 Å². The van der Waals surface area contributed by atoms with Crippen LogP contribution >= 0.6 is 53.5 Å². The number of urea groups is 3. The van der Waals surface area contributed by atoms with Crippen molar-refractivity contribution in [2.45, 2.75) is 192 Å². The Hall–Kier alpha value is -5.61. The van der Waals surface area contributed by atoms with Gasteiger partial charge in [0.05, 0.1) is 48.6 Å². The summed E-state index contributed by atoms with van der Waals surface area (Å²) in [5.74, 6) is -0.260. The topological polar surface area (TPSA) is 493 Å². The van der Waals surface area contributed by atoms with Gasteiger partial charge in [0.25, 0.3) is 5.91 Å². The number of thiocarbonyl (C=S) groups is 1. The Balaban J connectivity index is 0.000000212. The van der Waals surface area contributed by atoms with Gasteiger partial charge in [-0.15, -0.1) is 79.1 Å². The summed E-state index contributed by atoms with van der Waals surface area (Å²) in [4.78, 5) is 62.1. The zero-order valence-corrected chi connectivity index (χ0v) is 83.5. The maximum Gasteiger partial charge on any atom is 0.325 e. The zero-order valence-electron chi connectivity index (χ0n) is 77.3. The third-order valence-electron chi connectivity index (χ3n) is 23.2. The van der Waals surface area contributed by atoms with E-state index in [9.17, 15) is 85.3 Å². The van der Waals surface area contributed by atoms with Gasteiger partial charge in [0, 0.05) is 84.7 Å². The fraction of sp³-hybridized carbons (Fsp3) is 0.621. The van der Waals surface area contributed by atoms with Crippen LogP contribution in [0.5, 0.6) is 0 Å². The number of rotatable bonds is 24. The number of likely N-dealkylation sites (N-methyl/N-ethyl adjacent to an activating group) is 1. The monoisotopic (exact) mass is 1940 g/mol. The van der Waals surface area contributed by atoms with Crippen LogP contribution in [0.3, 0.4) is 0 Å². The van der Waals surface area contributed by atoms with Crippen LogP contribution in [0.25, 0.3) is 0 Å². The second kappa shape index (κ2) is 45.8. The first-order chi connectivity index (χ1) is 59.4. The molecule has 0 aliphatic carbocycles. The van der Waals surface area contributed by atoms with Crippen molar-refractivity contribution in [1.29, 1.82) is 0 Å². The van der Waals surface area contributed by atoms with Gasteiger partial charge in [-0.05, 0) is 162 Å². The molecule has 7 fully saturated rings. The van der Waals surface area contributed by atoms with E-state index in [2.05, 4.69) is 200 Å². The highest BCUT2D eigenvalue weighted by atomic mass is 32.1. The second-order valence-corrected chi connectivity index (χ2v) is 65.2. The van der Waals surface area contributed by atoms with Gasteiger partial charge in [-0.25, -0.2) is 19.4 Å². The molecule has 12 aliphatic heterocycles. The predicted molar refractivity (Wildman–Crippen MR) is 530 cm³/mol. The molecule has 0 spiro atoms. The van der Waals surface area contributed by atoms with Crippen molar-refractivity contribution in [3.05, 3.63) is 121 Å². The van der Waals surface area contributed by atoms with E-state index in [0.29, 0.717) is 95.4 Å². The van der Waals surface area contributed by atoms with Crippen molar-refractivity contribution >= 4 is 132 Å². The fourth-order valence-electron chi connectivity index (χ4n) is 15.4. The molecule has 728 valence electrons. The van der Waals surface area contributed by atoms with Gasteiger partial charge in [0.15, 0.2) is 12.5 Å². The molecule has 0 saturated carbocycles. The lowest BCUT2D eigenvalue weighted by atomic mass is 9.91. The Labute approximate surface area is 766 Å². The van der Waals surface area contributed by atoms with Crippen molar-refractivity contribution in [3.63, 3.8) is 0 Å². The molecule has 0 radical (unpaired) electrons. The molecule has 0 aromatic carbocycles. The predicted octanol–water partition coefficient (Wildman–Crippen LogP) is 2.22. The van der Waals surface area contributed by atoms with E-state index < -0.39 is 182 Å². The molecule has 12 aliphatic rings. The molecule has 2 unspecified atom stereocenters. The lowest BCUT2D eigenvalue weighted by molar-refractivity contribution is -0.133. The van der Waals surface area contributed by atoms with Gasteiger partial charge < -0.3 is 137 Å². The summed E-state index contributed by atoms with van der Waals surface area (Å²) < 4.78 is 35.0. The van der Waals surface area contributed by atoms with Crippen molar-refractivity contribution in [2.75, 3.05) is 138 Å². The highest BCUT2D eigenvalue weighted by molar-refractivity contribution is 7.80. The normalized spacial score (nSPS) is 34.4. The molecule has 0 aromatic heterocycles. The lowest BCUT2D eigenvalue weighted by Crippen LogP contribution is -2.54. The summed E-state index contributed by atoms with van der Waals surface area (Å²) in [5.41, 5.74) is 3.65. The lowest BCUT2D eigenvalue weighted by Gasteiger charge is -2.39. The van der Waals surface area contributed by atoms with Crippen LogP contribution in [-0.2, 0) is 38.0 Å². The molecule has 42 heteroatoms. The number of aliphatic hydroxyl groups excluding tert-OH is 12. The van der Waals surface area contributed by atoms with Crippen LogP contribution in [0, 0.1) is 11.8 Å². The number of carbonyl (C=O) groups excluding carboxylic acids is 5.